The molecule has 0 bridgehead atoms. The topological polar surface area (TPSA) is 41.3 Å². The summed E-state index contributed by atoms with van der Waals surface area (Å²) in [6.45, 7) is 5.51. The first-order chi connectivity index (χ1) is 9.42. The van der Waals surface area contributed by atoms with Gasteiger partial charge in [-0.25, -0.2) is 9.97 Å². The minimum Gasteiger partial charge on any atom is -0.378 e. The number of hydrogen-bond donors (Lipinski definition) is 0. The standard InChI is InChI=1S/C14H16N4O/c1-2-4-12-11(3-1)15-13(17-5-6-17)14(16-12)18-7-9-19-10-8-18/h1-4H,5-10H2. The summed E-state index contributed by atoms with van der Waals surface area (Å²) in [5.74, 6) is 2.04. The number of aromatic nitrogens is 2. The van der Waals surface area contributed by atoms with Crippen molar-refractivity contribution in [2.45, 2.75) is 0 Å². The number of nitrogens with zero attached hydrogens (tertiary/aromatic N) is 4. The molecule has 0 atom stereocenters. The Bertz CT molecular complexity index is 605. The summed E-state index contributed by atoms with van der Waals surface area (Å²) in [5.41, 5.74) is 1.94. The van der Waals surface area contributed by atoms with Gasteiger partial charge in [-0.3, -0.25) is 0 Å². The van der Waals surface area contributed by atoms with Gasteiger partial charge in [0.1, 0.15) is 0 Å². The molecule has 1 aromatic heterocycles. The third kappa shape index (κ3) is 2.00. The molecule has 98 valence electrons. The summed E-state index contributed by atoms with van der Waals surface area (Å²) in [6, 6.07) is 8.07. The number of benzene rings is 1. The molecule has 1 aromatic carbocycles. The molecule has 5 heteroatoms. The monoisotopic (exact) mass is 256 g/mol. The van der Waals surface area contributed by atoms with Crippen LogP contribution in [0.5, 0.6) is 0 Å². The first-order valence-electron chi connectivity index (χ1n) is 6.76. The first kappa shape index (κ1) is 11.0. The second-order valence-electron chi connectivity index (χ2n) is 4.95. The van der Waals surface area contributed by atoms with E-state index in [0.717, 1.165) is 62.1 Å². The maximum atomic E-state index is 5.42. The molecule has 0 amide bonds. The molecule has 0 aliphatic carbocycles. The fourth-order valence-electron chi connectivity index (χ4n) is 2.44. The van der Waals surface area contributed by atoms with Gasteiger partial charge in [0.15, 0.2) is 11.6 Å². The normalized spacial score (nSPS) is 18.9. The minimum atomic E-state index is 0.772. The highest BCUT2D eigenvalue weighted by Gasteiger charge is 2.27. The van der Waals surface area contributed by atoms with Gasteiger partial charge in [0, 0.05) is 26.2 Å². The maximum Gasteiger partial charge on any atom is 0.172 e. The van der Waals surface area contributed by atoms with Gasteiger partial charge >= 0.3 is 0 Å². The summed E-state index contributed by atoms with van der Waals surface area (Å²) in [4.78, 5) is 14.2. The fourth-order valence-corrected chi connectivity index (χ4v) is 2.44. The molecular weight excluding hydrogens is 240 g/mol. The molecular formula is C14H16N4O. The van der Waals surface area contributed by atoms with Crippen molar-refractivity contribution in [1.29, 1.82) is 0 Å². The van der Waals surface area contributed by atoms with Crippen LogP contribution in [0.3, 0.4) is 0 Å². The number of anilines is 2. The fraction of sp³-hybridized carbons (Fsp3) is 0.429. The Morgan fingerprint density at radius 3 is 1.84 bits per heavy atom. The van der Waals surface area contributed by atoms with Crippen LogP contribution in [-0.2, 0) is 4.74 Å². The summed E-state index contributed by atoms with van der Waals surface area (Å²) < 4.78 is 5.42. The molecule has 0 radical (unpaired) electrons. The quantitative estimate of drug-likeness (QED) is 0.757. The van der Waals surface area contributed by atoms with Crippen LogP contribution < -0.4 is 9.80 Å². The van der Waals surface area contributed by atoms with Gasteiger partial charge in [0.25, 0.3) is 0 Å². The lowest BCUT2D eigenvalue weighted by atomic mass is 10.3. The van der Waals surface area contributed by atoms with Crippen LogP contribution in [0.1, 0.15) is 0 Å². The highest BCUT2D eigenvalue weighted by Crippen LogP contribution is 2.31. The molecule has 0 unspecified atom stereocenters. The number of hydrogen-bond acceptors (Lipinski definition) is 5. The molecule has 2 aliphatic heterocycles. The van der Waals surface area contributed by atoms with Gasteiger partial charge < -0.3 is 14.5 Å². The molecule has 2 saturated heterocycles. The predicted octanol–water partition coefficient (Wildman–Crippen LogP) is 1.29. The highest BCUT2D eigenvalue weighted by atomic mass is 16.5. The molecule has 2 aromatic rings. The van der Waals surface area contributed by atoms with Crippen molar-refractivity contribution in [2.75, 3.05) is 49.2 Å². The zero-order chi connectivity index (χ0) is 12.7. The Morgan fingerprint density at radius 2 is 1.32 bits per heavy atom. The average molecular weight is 256 g/mol. The summed E-state index contributed by atoms with van der Waals surface area (Å²) >= 11 is 0. The molecule has 3 heterocycles. The van der Waals surface area contributed by atoms with Gasteiger partial charge in [-0.2, -0.15) is 0 Å². The Labute approximate surface area is 111 Å². The Balaban J connectivity index is 1.83. The summed E-state index contributed by atoms with van der Waals surface area (Å²) in [7, 11) is 0. The van der Waals surface area contributed by atoms with Crippen molar-refractivity contribution < 1.29 is 4.74 Å². The lowest BCUT2D eigenvalue weighted by molar-refractivity contribution is 0.122. The Hall–Kier alpha value is -1.88. The van der Waals surface area contributed by atoms with Gasteiger partial charge in [-0.1, -0.05) is 12.1 Å². The van der Waals surface area contributed by atoms with Crippen LogP contribution in [0.15, 0.2) is 24.3 Å². The first-order valence-corrected chi connectivity index (χ1v) is 6.76. The highest BCUT2D eigenvalue weighted by molar-refractivity contribution is 5.81. The van der Waals surface area contributed by atoms with Crippen molar-refractivity contribution in [3.05, 3.63) is 24.3 Å². The van der Waals surface area contributed by atoms with E-state index in [9.17, 15) is 0 Å². The van der Waals surface area contributed by atoms with E-state index in [0.29, 0.717) is 0 Å². The van der Waals surface area contributed by atoms with E-state index >= 15 is 0 Å². The van der Waals surface area contributed by atoms with Crippen molar-refractivity contribution in [1.82, 2.24) is 9.97 Å². The van der Waals surface area contributed by atoms with E-state index < -0.39 is 0 Å². The predicted molar refractivity (Wildman–Crippen MR) is 74.8 cm³/mol. The third-order valence-corrected chi connectivity index (χ3v) is 3.59. The second-order valence-corrected chi connectivity index (χ2v) is 4.95. The van der Waals surface area contributed by atoms with Gasteiger partial charge in [0.05, 0.1) is 24.2 Å². The summed E-state index contributed by atoms with van der Waals surface area (Å²) in [6.07, 6.45) is 0. The molecule has 0 saturated carbocycles. The number of rotatable bonds is 2. The van der Waals surface area contributed by atoms with E-state index in [2.05, 4.69) is 9.80 Å². The van der Waals surface area contributed by atoms with E-state index in [1.807, 2.05) is 24.3 Å². The van der Waals surface area contributed by atoms with E-state index in [-0.39, 0.29) is 0 Å². The zero-order valence-corrected chi connectivity index (χ0v) is 10.7. The smallest absolute Gasteiger partial charge is 0.172 e. The Kier molecular flexibility index (Phi) is 2.51. The van der Waals surface area contributed by atoms with Crippen LogP contribution in [0.4, 0.5) is 11.6 Å². The molecule has 19 heavy (non-hydrogen) atoms. The average Bonchev–Trinajstić information content (AvgIpc) is 3.31. The molecule has 0 N–H and O–H groups in total. The third-order valence-electron chi connectivity index (χ3n) is 3.59. The Morgan fingerprint density at radius 1 is 0.789 bits per heavy atom. The maximum absolute atomic E-state index is 5.42. The zero-order valence-electron chi connectivity index (χ0n) is 10.7. The number of fused-ring (bicyclic) bond motifs is 1. The van der Waals surface area contributed by atoms with Crippen molar-refractivity contribution in [3.63, 3.8) is 0 Å². The molecule has 2 aliphatic rings. The second kappa shape index (κ2) is 4.35. The minimum absolute atomic E-state index is 0.772. The largest absolute Gasteiger partial charge is 0.378 e. The van der Waals surface area contributed by atoms with Gasteiger partial charge in [0.2, 0.25) is 0 Å². The van der Waals surface area contributed by atoms with Gasteiger partial charge in [-0.15, -0.1) is 0 Å². The van der Waals surface area contributed by atoms with E-state index in [1.54, 1.807) is 0 Å². The number of ether oxygens (including phenoxy) is 1. The molecule has 0 spiro atoms. The number of morpholine rings is 1. The lowest BCUT2D eigenvalue weighted by Crippen LogP contribution is -2.37. The van der Waals surface area contributed by atoms with Crippen LogP contribution in [0.2, 0.25) is 0 Å². The molecule has 2 fully saturated rings. The molecule has 4 rings (SSSR count). The van der Waals surface area contributed by atoms with Crippen molar-refractivity contribution in [3.8, 4) is 0 Å². The lowest BCUT2D eigenvalue weighted by Gasteiger charge is -2.29. The van der Waals surface area contributed by atoms with Crippen LogP contribution in [-0.4, -0.2) is 49.4 Å². The summed E-state index contributed by atoms with van der Waals surface area (Å²) in [5, 5.41) is 0. The SMILES string of the molecule is c1ccc2nc(N3CC3)c(N3CCOCC3)nc2c1. The number of para-hydroxylation sites is 2. The molecule has 5 nitrogen and oxygen atoms in total. The van der Waals surface area contributed by atoms with Crippen molar-refractivity contribution >= 4 is 22.7 Å². The van der Waals surface area contributed by atoms with E-state index in [1.165, 1.54) is 0 Å². The van der Waals surface area contributed by atoms with Crippen molar-refractivity contribution in [2.24, 2.45) is 0 Å². The van der Waals surface area contributed by atoms with Crippen LogP contribution in [0.25, 0.3) is 11.0 Å². The van der Waals surface area contributed by atoms with Gasteiger partial charge in [-0.05, 0) is 12.1 Å². The van der Waals surface area contributed by atoms with E-state index in [4.69, 9.17) is 14.7 Å². The van der Waals surface area contributed by atoms with Crippen LogP contribution in [0, 0.1) is 0 Å². The van der Waals surface area contributed by atoms with Crippen LogP contribution >= 0.6 is 0 Å².